The minimum absolute atomic E-state index is 0.288. The number of pyridine rings is 1. The van der Waals surface area contributed by atoms with E-state index in [9.17, 15) is 9.59 Å². The number of nitrogens with one attached hydrogen (secondary N) is 1. The van der Waals surface area contributed by atoms with E-state index in [1.807, 2.05) is 6.07 Å². The summed E-state index contributed by atoms with van der Waals surface area (Å²) in [5, 5.41) is 0. The summed E-state index contributed by atoms with van der Waals surface area (Å²) in [6, 6.07) is 3.62. The van der Waals surface area contributed by atoms with Gasteiger partial charge in [0.25, 0.3) is 0 Å². The second kappa shape index (κ2) is 4.44. The zero-order chi connectivity index (χ0) is 11.5. The van der Waals surface area contributed by atoms with Crippen molar-refractivity contribution in [1.82, 2.24) is 14.5 Å². The number of halogens is 1. The number of H-pyrrole nitrogens is 1. The first-order chi connectivity index (χ1) is 7.66. The lowest BCUT2D eigenvalue weighted by molar-refractivity contribution is 0.720. The highest BCUT2D eigenvalue weighted by atomic mass is 79.9. The van der Waals surface area contributed by atoms with E-state index in [1.54, 1.807) is 12.3 Å². The fraction of sp³-hybridized carbons (Fsp3) is 0.100. The Morgan fingerprint density at radius 3 is 2.88 bits per heavy atom. The summed E-state index contributed by atoms with van der Waals surface area (Å²) in [6.45, 7) is 0.288. The molecule has 0 unspecified atom stereocenters. The van der Waals surface area contributed by atoms with Crippen LogP contribution >= 0.6 is 15.9 Å². The van der Waals surface area contributed by atoms with Gasteiger partial charge in [-0.15, -0.1) is 0 Å². The highest BCUT2D eigenvalue weighted by Gasteiger charge is 2.01. The van der Waals surface area contributed by atoms with Crippen molar-refractivity contribution in [3.05, 3.63) is 61.6 Å². The number of rotatable bonds is 2. The van der Waals surface area contributed by atoms with Gasteiger partial charge in [-0.1, -0.05) is 0 Å². The number of nitrogens with zero attached hydrogens (tertiary/aromatic N) is 2. The maximum atomic E-state index is 11.4. The summed E-state index contributed by atoms with van der Waals surface area (Å²) in [5.74, 6) is 0. The fourth-order valence-corrected chi connectivity index (χ4v) is 1.50. The lowest BCUT2D eigenvalue weighted by atomic mass is 10.3. The Bertz CT molecular complexity index is 600. The van der Waals surface area contributed by atoms with Gasteiger partial charge in [0.15, 0.2) is 0 Å². The molecule has 2 aromatic rings. The molecule has 82 valence electrons. The average Bonchev–Trinajstić information content (AvgIpc) is 2.28. The summed E-state index contributed by atoms with van der Waals surface area (Å²) in [6.07, 6.45) is 4.60. The van der Waals surface area contributed by atoms with E-state index in [2.05, 4.69) is 25.9 Å². The summed E-state index contributed by atoms with van der Waals surface area (Å²) in [5.41, 5.74) is -0.484. The largest absolute Gasteiger partial charge is 0.323 e. The molecule has 0 amide bonds. The van der Waals surface area contributed by atoms with Crippen LogP contribution in [0.1, 0.15) is 5.69 Å². The van der Waals surface area contributed by atoms with Crippen molar-refractivity contribution in [1.29, 1.82) is 0 Å². The third-order valence-electron chi connectivity index (χ3n) is 2.04. The van der Waals surface area contributed by atoms with Gasteiger partial charge < -0.3 is 9.55 Å². The zero-order valence-corrected chi connectivity index (χ0v) is 9.77. The van der Waals surface area contributed by atoms with Crippen LogP contribution in [-0.4, -0.2) is 14.5 Å². The van der Waals surface area contributed by atoms with Crippen molar-refractivity contribution < 1.29 is 0 Å². The molecular formula is C10H8BrN3O2. The lowest BCUT2D eigenvalue weighted by Crippen LogP contribution is -2.35. The minimum atomic E-state index is -0.625. The molecule has 0 aliphatic heterocycles. The number of aromatic nitrogens is 3. The van der Waals surface area contributed by atoms with Crippen molar-refractivity contribution in [3.63, 3.8) is 0 Å². The molecule has 0 aliphatic rings. The van der Waals surface area contributed by atoms with E-state index >= 15 is 0 Å². The van der Waals surface area contributed by atoms with Crippen LogP contribution in [0, 0.1) is 0 Å². The Kier molecular flexibility index (Phi) is 3.00. The Morgan fingerprint density at radius 1 is 1.38 bits per heavy atom. The van der Waals surface area contributed by atoms with Crippen LogP contribution in [0.5, 0.6) is 0 Å². The Morgan fingerprint density at radius 2 is 2.19 bits per heavy atom. The molecule has 2 rings (SSSR count). The Hall–Kier alpha value is -1.69. The topological polar surface area (TPSA) is 67.8 Å². The van der Waals surface area contributed by atoms with Crippen LogP contribution in [0.15, 0.2) is 44.8 Å². The maximum Gasteiger partial charge on any atom is 0.316 e. The first-order valence-electron chi connectivity index (χ1n) is 4.55. The van der Waals surface area contributed by atoms with Gasteiger partial charge in [-0.25, -0.2) is 0 Å². The molecule has 5 nitrogen and oxygen atoms in total. The van der Waals surface area contributed by atoms with Crippen molar-refractivity contribution in [2.24, 2.45) is 0 Å². The van der Waals surface area contributed by atoms with Gasteiger partial charge in [-0.05, 0) is 28.1 Å². The van der Waals surface area contributed by atoms with Gasteiger partial charge in [0.05, 0.1) is 12.2 Å². The quantitative estimate of drug-likeness (QED) is 0.826. The maximum absolute atomic E-state index is 11.4. The molecule has 0 atom stereocenters. The molecule has 0 spiro atoms. The smallest absolute Gasteiger partial charge is 0.316 e. The molecule has 16 heavy (non-hydrogen) atoms. The molecule has 1 N–H and O–H groups in total. The van der Waals surface area contributed by atoms with Crippen LogP contribution in [0.3, 0.4) is 0 Å². The van der Waals surface area contributed by atoms with Crippen molar-refractivity contribution in [2.45, 2.75) is 6.54 Å². The van der Waals surface area contributed by atoms with Gasteiger partial charge in [-0.2, -0.15) is 0 Å². The number of hydrogen-bond donors (Lipinski definition) is 1. The summed E-state index contributed by atoms with van der Waals surface area (Å²) >= 11 is 3.27. The summed E-state index contributed by atoms with van der Waals surface area (Å²) in [7, 11) is 0. The van der Waals surface area contributed by atoms with Crippen LogP contribution in [-0.2, 0) is 6.54 Å². The fourth-order valence-electron chi connectivity index (χ4n) is 1.26. The van der Waals surface area contributed by atoms with Crippen LogP contribution < -0.4 is 11.1 Å². The second-order valence-corrected chi connectivity index (χ2v) is 4.11. The zero-order valence-electron chi connectivity index (χ0n) is 8.18. The predicted octanol–water partition coefficient (Wildman–Crippen LogP) is 0.742. The summed E-state index contributed by atoms with van der Waals surface area (Å²) < 4.78 is 2.18. The van der Waals surface area contributed by atoms with E-state index in [1.165, 1.54) is 17.0 Å². The number of aromatic amines is 1. The van der Waals surface area contributed by atoms with Crippen LogP contribution in [0.25, 0.3) is 0 Å². The molecule has 0 aliphatic carbocycles. The van der Waals surface area contributed by atoms with Gasteiger partial charge in [0.1, 0.15) is 0 Å². The van der Waals surface area contributed by atoms with Gasteiger partial charge in [-0.3, -0.25) is 14.6 Å². The van der Waals surface area contributed by atoms with E-state index in [0.717, 1.165) is 10.2 Å². The van der Waals surface area contributed by atoms with E-state index in [-0.39, 0.29) is 6.54 Å². The minimum Gasteiger partial charge on any atom is -0.323 e. The highest BCUT2D eigenvalue weighted by molar-refractivity contribution is 9.10. The average molecular weight is 282 g/mol. The van der Waals surface area contributed by atoms with Gasteiger partial charge in [0, 0.05) is 23.1 Å². The van der Waals surface area contributed by atoms with Crippen molar-refractivity contribution >= 4 is 15.9 Å². The van der Waals surface area contributed by atoms with Crippen LogP contribution in [0.4, 0.5) is 0 Å². The standard InChI is InChI=1S/C10H8BrN3O2/c11-7-1-2-8(13-5-7)6-14-4-3-12-9(15)10(14)16/h1-5H,6H2,(H,12,15). The van der Waals surface area contributed by atoms with Gasteiger partial charge in [0.2, 0.25) is 0 Å². The third kappa shape index (κ3) is 2.27. The molecule has 6 heteroatoms. The molecule has 0 radical (unpaired) electrons. The van der Waals surface area contributed by atoms with E-state index in [4.69, 9.17) is 0 Å². The first kappa shape index (κ1) is 10.8. The van der Waals surface area contributed by atoms with E-state index in [0.29, 0.717) is 0 Å². The molecule has 0 saturated heterocycles. The number of hydrogen-bond acceptors (Lipinski definition) is 3. The first-order valence-corrected chi connectivity index (χ1v) is 5.34. The molecule has 2 heterocycles. The third-order valence-corrected chi connectivity index (χ3v) is 2.51. The van der Waals surface area contributed by atoms with Crippen molar-refractivity contribution in [2.75, 3.05) is 0 Å². The Balaban J connectivity index is 2.34. The SMILES string of the molecule is O=c1[nH]ccn(Cc2ccc(Br)cn2)c1=O. The molecular weight excluding hydrogens is 274 g/mol. The summed E-state index contributed by atoms with van der Waals surface area (Å²) in [4.78, 5) is 28.9. The predicted molar refractivity (Wildman–Crippen MR) is 62.4 cm³/mol. The monoisotopic (exact) mass is 281 g/mol. The van der Waals surface area contributed by atoms with Crippen molar-refractivity contribution in [3.8, 4) is 0 Å². The molecule has 0 aromatic carbocycles. The molecule has 0 fully saturated rings. The molecule has 0 saturated carbocycles. The van der Waals surface area contributed by atoms with Gasteiger partial charge >= 0.3 is 11.1 Å². The van der Waals surface area contributed by atoms with E-state index < -0.39 is 11.1 Å². The Labute approximate surface area is 98.9 Å². The lowest BCUT2D eigenvalue weighted by Gasteiger charge is -2.03. The normalized spacial score (nSPS) is 10.3. The second-order valence-electron chi connectivity index (χ2n) is 3.19. The highest BCUT2D eigenvalue weighted by Crippen LogP contribution is 2.07. The molecule has 2 aromatic heterocycles. The molecule has 0 bridgehead atoms. The van der Waals surface area contributed by atoms with Crippen LogP contribution in [0.2, 0.25) is 0 Å².